The Kier molecular flexibility index (Phi) is 48.4. The van der Waals surface area contributed by atoms with Gasteiger partial charge in [-0.2, -0.15) is 0 Å². The second kappa shape index (κ2) is 49.9. The fourth-order valence-corrected chi connectivity index (χ4v) is 10.7. The zero-order valence-corrected chi connectivity index (χ0v) is 50.9. The summed E-state index contributed by atoms with van der Waals surface area (Å²) in [6, 6.07) is -0.922. The van der Waals surface area contributed by atoms with Crippen molar-refractivity contribution in [3.63, 3.8) is 0 Å². The van der Waals surface area contributed by atoms with E-state index in [0.717, 1.165) is 128 Å². The Morgan fingerprint density at radius 1 is 0.507 bits per heavy atom. The van der Waals surface area contributed by atoms with Crippen molar-refractivity contribution in [2.24, 2.45) is 23.7 Å². The molecular weight excluding hydrogens is 937 g/mol. The van der Waals surface area contributed by atoms with Gasteiger partial charge in [-0.05, 0) is 167 Å². The molecule has 11 nitrogen and oxygen atoms in total. The molecule has 0 bridgehead atoms. The number of amides is 1. The van der Waals surface area contributed by atoms with Crippen molar-refractivity contribution in [3.8, 4) is 0 Å². The number of nitrogens with zero attached hydrogens (tertiary/aromatic N) is 2. The summed E-state index contributed by atoms with van der Waals surface area (Å²) in [5, 5.41) is 17.5. The van der Waals surface area contributed by atoms with E-state index >= 15 is 0 Å². The normalized spacial score (nSPS) is 15.4. The summed E-state index contributed by atoms with van der Waals surface area (Å²) in [6.07, 6.45) is 35.5. The SMILES string of the molecule is C=CCCCC(C)CN(CCCCC(NC)C(=O)NC(C=O)CCCCN(CC(C)CCCC(=O)OC(C)CCCCCC)CC(O)CCCC(=O)OC(C)CCCCCC)CC(C)CCCC(C)CCCCCC. The second-order valence-corrected chi connectivity index (χ2v) is 23.8. The van der Waals surface area contributed by atoms with Crippen molar-refractivity contribution >= 4 is 24.1 Å². The zero-order valence-electron chi connectivity index (χ0n) is 50.9. The molecule has 0 rings (SSSR count). The van der Waals surface area contributed by atoms with Crippen molar-refractivity contribution in [3.05, 3.63) is 12.7 Å². The molecule has 11 heteroatoms. The van der Waals surface area contributed by atoms with E-state index in [-0.39, 0.29) is 36.1 Å². The third-order valence-electron chi connectivity index (χ3n) is 15.4. The minimum absolute atomic E-state index is 0.0536. The highest BCUT2D eigenvalue weighted by molar-refractivity contribution is 5.84. The first-order valence-electron chi connectivity index (χ1n) is 31.7. The van der Waals surface area contributed by atoms with E-state index in [1.54, 1.807) is 0 Å². The molecule has 442 valence electrons. The fourth-order valence-electron chi connectivity index (χ4n) is 10.7. The van der Waals surface area contributed by atoms with E-state index in [2.05, 4.69) is 75.5 Å². The van der Waals surface area contributed by atoms with E-state index in [1.807, 2.05) is 27.0 Å². The standard InChI is InChI=1S/C64H124N4O7/c1-12-16-20-24-34-53(5)36-31-37-55(7)49-67(48-54(6)35-23-19-15-4)46-30-28-43-61(65-11)64(73)66-59(52-69)41-27-29-47-68(50-56(8)38-32-44-62(71)74-57(9)39-25-21-17-13-2)51-60(70)42-33-45-63(72)75-58(10)40-26-22-18-14-3/h15,52-61,65,70H,4,12-14,16-51H2,1-3,5-11H3,(H,66,73). The molecule has 0 fully saturated rings. The number of nitrogens with one attached hydrogen (secondary N) is 2. The molecule has 9 atom stereocenters. The van der Waals surface area contributed by atoms with Gasteiger partial charge in [-0.3, -0.25) is 14.4 Å². The molecule has 75 heavy (non-hydrogen) atoms. The zero-order chi connectivity index (χ0) is 55.9. The maximum Gasteiger partial charge on any atom is 0.306 e. The Balaban J connectivity index is 5.30. The minimum Gasteiger partial charge on any atom is -0.463 e. The lowest BCUT2D eigenvalue weighted by atomic mass is 9.94. The van der Waals surface area contributed by atoms with Crippen molar-refractivity contribution in [1.82, 2.24) is 20.4 Å². The molecule has 0 heterocycles. The number of esters is 2. The van der Waals surface area contributed by atoms with Gasteiger partial charge in [0.15, 0.2) is 0 Å². The van der Waals surface area contributed by atoms with Crippen molar-refractivity contribution in [2.75, 3.05) is 46.3 Å². The third kappa shape index (κ3) is 44.2. The number of allylic oxidation sites excluding steroid dienone is 1. The molecule has 0 saturated heterocycles. The largest absolute Gasteiger partial charge is 0.463 e. The predicted octanol–water partition coefficient (Wildman–Crippen LogP) is 14.7. The van der Waals surface area contributed by atoms with Crippen LogP contribution in [0.5, 0.6) is 0 Å². The van der Waals surface area contributed by atoms with Crippen LogP contribution in [-0.2, 0) is 28.7 Å². The molecule has 9 unspecified atom stereocenters. The van der Waals surface area contributed by atoms with Crippen molar-refractivity contribution in [2.45, 2.75) is 305 Å². The predicted molar refractivity (Wildman–Crippen MR) is 317 cm³/mol. The Labute approximate surface area is 463 Å². The Morgan fingerprint density at radius 2 is 0.933 bits per heavy atom. The van der Waals surface area contributed by atoms with Crippen LogP contribution in [0.3, 0.4) is 0 Å². The number of unbranched alkanes of at least 4 members (excludes halogenated alkanes) is 12. The number of carbonyl (C=O) groups excluding carboxylic acids is 4. The first-order valence-corrected chi connectivity index (χ1v) is 31.7. The van der Waals surface area contributed by atoms with Crippen LogP contribution in [0.1, 0.15) is 274 Å². The van der Waals surface area contributed by atoms with Gasteiger partial charge in [0, 0.05) is 39.0 Å². The van der Waals surface area contributed by atoms with E-state index in [9.17, 15) is 24.3 Å². The average Bonchev–Trinajstić information content (AvgIpc) is 3.36. The van der Waals surface area contributed by atoms with Crippen LogP contribution in [0.15, 0.2) is 12.7 Å². The third-order valence-corrected chi connectivity index (χ3v) is 15.4. The lowest BCUT2D eigenvalue weighted by Crippen LogP contribution is -2.47. The molecule has 0 aromatic heterocycles. The summed E-state index contributed by atoms with van der Waals surface area (Å²) in [6.45, 7) is 29.2. The van der Waals surface area contributed by atoms with Crippen molar-refractivity contribution in [1.29, 1.82) is 0 Å². The highest BCUT2D eigenvalue weighted by atomic mass is 16.5. The average molecular weight is 1060 g/mol. The molecule has 3 N–H and O–H groups in total. The smallest absolute Gasteiger partial charge is 0.306 e. The van der Waals surface area contributed by atoms with Crippen LogP contribution in [0.4, 0.5) is 0 Å². The van der Waals surface area contributed by atoms with Crippen LogP contribution in [0.2, 0.25) is 0 Å². The van der Waals surface area contributed by atoms with Crippen LogP contribution < -0.4 is 10.6 Å². The first-order chi connectivity index (χ1) is 36.1. The molecule has 0 saturated carbocycles. The Bertz CT molecular complexity index is 1320. The summed E-state index contributed by atoms with van der Waals surface area (Å²) in [5.74, 6) is 1.96. The molecule has 0 aliphatic heterocycles. The number of hydrogen-bond donors (Lipinski definition) is 3. The maximum absolute atomic E-state index is 13.6. The lowest BCUT2D eigenvalue weighted by Gasteiger charge is -2.29. The summed E-state index contributed by atoms with van der Waals surface area (Å²) >= 11 is 0. The summed E-state index contributed by atoms with van der Waals surface area (Å²) in [7, 11) is 1.83. The minimum atomic E-state index is -0.595. The monoisotopic (exact) mass is 1060 g/mol. The number of ether oxygens (including phenoxy) is 2. The number of aliphatic hydroxyl groups excluding tert-OH is 1. The Morgan fingerprint density at radius 3 is 1.43 bits per heavy atom. The number of rotatable bonds is 55. The number of aliphatic hydroxyl groups is 1. The topological polar surface area (TPSA) is 138 Å². The fraction of sp³-hybridized carbons (Fsp3) is 0.906. The van der Waals surface area contributed by atoms with Crippen LogP contribution in [0, 0.1) is 23.7 Å². The van der Waals surface area contributed by atoms with Gasteiger partial charge < -0.3 is 39.8 Å². The van der Waals surface area contributed by atoms with Gasteiger partial charge in [0.25, 0.3) is 0 Å². The van der Waals surface area contributed by atoms with E-state index in [0.29, 0.717) is 56.4 Å². The second-order valence-electron chi connectivity index (χ2n) is 23.8. The van der Waals surface area contributed by atoms with Gasteiger partial charge in [0.05, 0.1) is 30.4 Å². The molecular formula is C64H124N4O7. The molecule has 0 aliphatic carbocycles. The van der Waals surface area contributed by atoms with E-state index in [1.165, 1.54) is 96.3 Å². The van der Waals surface area contributed by atoms with E-state index in [4.69, 9.17) is 9.47 Å². The number of carbonyl (C=O) groups is 4. The van der Waals surface area contributed by atoms with Gasteiger partial charge in [0.1, 0.15) is 6.29 Å². The lowest BCUT2D eigenvalue weighted by molar-refractivity contribution is -0.149. The first kappa shape index (κ1) is 72.7. The van der Waals surface area contributed by atoms with Crippen LogP contribution in [-0.4, -0.2) is 116 Å². The molecule has 0 aromatic carbocycles. The molecule has 0 radical (unpaired) electrons. The highest BCUT2D eigenvalue weighted by Gasteiger charge is 2.22. The molecule has 1 amide bonds. The van der Waals surface area contributed by atoms with Gasteiger partial charge in [-0.25, -0.2) is 0 Å². The summed E-state index contributed by atoms with van der Waals surface area (Å²) < 4.78 is 11.3. The molecule has 0 aliphatic rings. The van der Waals surface area contributed by atoms with E-state index < -0.39 is 12.1 Å². The number of aldehydes is 1. The Hall–Kier alpha value is -2.34. The summed E-state index contributed by atoms with van der Waals surface area (Å²) in [4.78, 5) is 56.1. The van der Waals surface area contributed by atoms with Crippen LogP contribution >= 0.6 is 0 Å². The highest BCUT2D eigenvalue weighted by Crippen LogP contribution is 2.21. The molecule has 0 aromatic rings. The number of hydrogen-bond acceptors (Lipinski definition) is 10. The van der Waals surface area contributed by atoms with Gasteiger partial charge in [-0.1, -0.05) is 144 Å². The summed E-state index contributed by atoms with van der Waals surface area (Å²) in [5.41, 5.74) is 0. The van der Waals surface area contributed by atoms with Gasteiger partial charge in [-0.15, -0.1) is 6.58 Å². The maximum atomic E-state index is 13.6. The molecule has 0 spiro atoms. The van der Waals surface area contributed by atoms with Crippen molar-refractivity contribution < 1.29 is 33.8 Å². The quantitative estimate of drug-likeness (QED) is 0.0234. The van der Waals surface area contributed by atoms with Crippen LogP contribution in [0.25, 0.3) is 0 Å². The van der Waals surface area contributed by atoms with Gasteiger partial charge in [0.2, 0.25) is 5.91 Å². The van der Waals surface area contributed by atoms with Gasteiger partial charge >= 0.3 is 11.9 Å². The number of likely N-dealkylation sites (N-methyl/N-ethyl adjacent to an activating group) is 1.